The molecule has 1 aromatic carbocycles. The average Bonchev–Trinajstić information content (AvgIpc) is 2.42. The van der Waals surface area contributed by atoms with E-state index >= 15 is 0 Å². The summed E-state index contributed by atoms with van der Waals surface area (Å²) in [6.07, 6.45) is 0.973. The molecule has 0 amide bonds. The molecule has 0 spiro atoms. The Kier molecular flexibility index (Phi) is 4.47. The van der Waals surface area contributed by atoms with Gasteiger partial charge in [0, 0.05) is 0 Å². The molecular formula is C14H15ClN2O2. The minimum absolute atomic E-state index is 0.301. The minimum Gasteiger partial charge on any atom is -0.494 e. The minimum atomic E-state index is 0.301. The molecule has 0 aliphatic heterocycles. The number of nitrogens with zero attached hydrogens (tertiary/aromatic N) is 1. The van der Waals surface area contributed by atoms with Gasteiger partial charge in [0.2, 0.25) is 5.88 Å². The van der Waals surface area contributed by atoms with Crippen molar-refractivity contribution in [2.75, 3.05) is 12.3 Å². The molecule has 100 valence electrons. The number of hydrogen-bond acceptors (Lipinski definition) is 4. The van der Waals surface area contributed by atoms with Gasteiger partial charge in [-0.15, -0.1) is 0 Å². The number of nitrogens with two attached hydrogens (primary N) is 1. The van der Waals surface area contributed by atoms with Gasteiger partial charge in [-0.25, -0.2) is 0 Å². The van der Waals surface area contributed by atoms with Crippen LogP contribution in [0.4, 0.5) is 5.69 Å². The van der Waals surface area contributed by atoms with Crippen LogP contribution in [0.3, 0.4) is 0 Å². The fourth-order valence-corrected chi connectivity index (χ4v) is 1.59. The lowest BCUT2D eigenvalue weighted by Gasteiger charge is -2.09. The molecule has 5 heteroatoms. The molecule has 0 saturated carbocycles. The topological polar surface area (TPSA) is 57.4 Å². The van der Waals surface area contributed by atoms with E-state index in [1.807, 2.05) is 12.1 Å². The molecule has 2 aromatic rings. The molecule has 0 bridgehead atoms. The molecule has 0 atom stereocenters. The lowest BCUT2D eigenvalue weighted by Crippen LogP contribution is -1.96. The number of pyridine rings is 1. The van der Waals surface area contributed by atoms with Crippen LogP contribution in [0.1, 0.15) is 13.3 Å². The second kappa shape index (κ2) is 6.29. The molecule has 4 nitrogen and oxygen atoms in total. The van der Waals surface area contributed by atoms with Crippen molar-refractivity contribution < 1.29 is 9.47 Å². The predicted molar refractivity (Wildman–Crippen MR) is 76.0 cm³/mol. The number of hydrogen-bond donors (Lipinski definition) is 1. The second-order valence-corrected chi connectivity index (χ2v) is 4.34. The van der Waals surface area contributed by atoms with Gasteiger partial charge in [0.05, 0.1) is 12.3 Å². The Labute approximate surface area is 117 Å². The van der Waals surface area contributed by atoms with E-state index in [0.717, 1.165) is 12.2 Å². The standard InChI is InChI=1S/C14H15ClN2O2/c1-2-9-18-10-3-5-11(6-4-10)19-14-12(16)7-8-13(15)17-14/h3-8H,2,9,16H2,1H3. The summed E-state index contributed by atoms with van der Waals surface area (Å²) in [4.78, 5) is 4.03. The van der Waals surface area contributed by atoms with E-state index in [9.17, 15) is 0 Å². The first-order chi connectivity index (χ1) is 9.19. The molecule has 2 rings (SSSR count). The summed E-state index contributed by atoms with van der Waals surface area (Å²) in [6.45, 7) is 2.76. The van der Waals surface area contributed by atoms with E-state index in [-0.39, 0.29) is 0 Å². The highest BCUT2D eigenvalue weighted by molar-refractivity contribution is 6.29. The first-order valence-electron chi connectivity index (χ1n) is 6.02. The van der Waals surface area contributed by atoms with Gasteiger partial charge in [0.1, 0.15) is 16.7 Å². The summed E-state index contributed by atoms with van der Waals surface area (Å²) in [5.74, 6) is 1.74. The summed E-state index contributed by atoms with van der Waals surface area (Å²) in [7, 11) is 0. The molecule has 0 unspecified atom stereocenters. The Morgan fingerprint density at radius 1 is 1.11 bits per heavy atom. The van der Waals surface area contributed by atoms with Crippen LogP contribution >= 0.6 is 11.6 Å². The number of halogens is 1. The summed E-state index contributed by atoms with van der Waals surface area (Å²) in [6, 6.07) is 10.5. The van der Waals surface area contributed by atoms with Crippen LogP contribution < -0.4 is 15.2 Å². The molecular weight excluding hydrogens is 264 g/mol. The number of anilines is 1. The second-order valence-electron chi connectivity index (χ2n) is 3.95. The van der Waals surface area contributed by atoms with E-state index in [0.29, 0.717) is 29.1 Å². The van der Waals surface area contributed by atoms with Gasteiger partial charge >= 0.3 is 0 Å². The van der Waals surface area contributed by atoms with Crippen molar-refractivity contribution in [3.63, 3.8) is 0 Å². The van der Waals surface area contributed by atoms with Crippen LogP contribution in [-0.2, 0) is 0 Å². The van der Waals surface area contributed by atoms with Gasteiger partial charge in [0.15, 0.2) is 0 Å². The van der Waals surface area contributed by atoms with Crippen LogP contribution in [0.2, 0.25) is 5.15 Å². The van der Waals surface area contributed by atoms with Crippen molar-refractivity contribution in [2.45, 2.75) is 13.3 Å². The van der Waals surface area contributed by atoms with Gasteiger partial charge in [-0.1, -0.05) is 18.5 Å². The largest absolute Gasteiger partial charge is 0.494 e. The van der Waals surface area contributed by atoms with Gasteiger partial charge in [0.25, 0.3) is 0 Å². The number of aromatic nitrogens is 1. The van der Waals surface area contributed by atoms with E-state index in [1.54, 1.807) is 24.3 Å². The molecule has 1 heterocycles. The van der Waals surface area contributed by atoms with E-state index in [4.69, 9.17) is 26.8 Å². The quantitative estimate of drug-likeness (QED) is 0.843. The third kappa shape index (κ3) is 3.76. The summed E-state index contributed by atoms with van der Waals surface area (Å²) in [5.41, 5.74) is 6.20. The molecule has 0 aliphatic carbocycles. The highest BCUT2D eigenvalue weighted by Gasteiger charge is 2.05. The smallest absolute Gasteiger partial charge is 0.244 e. The maximum absolute atomic E-state index is 5.80. The third-order valence-electron chi connectivity index (χ3n) is 2.37. The normalized spacial score (nSPS) is 10.2. The number of benzene rings is 1. The Morgan fingerprint density at radius 3 is 2.47 bits per heavy atom. The predicted octanol–water partition coefficient (Wildman–Crippen LogP) is 3.90. The van der Waals surface area contributed by atoms with Crippen LogP contribution in [0.15, 0.2) is 36.4 Å². The Bertz CT molecular complexity index is 544. The number of nitrogen functional groups attached to an aromatic ring is 1. The van der Waals surface area contributed by atoms with Gasteiger partial charge in [-0.05, 0) is 42.8 Å². The maximum Gasteiger partial charge on any atom is 0.244 e. The molecule has 0 aliphatic rings. The highest BCUT2D eigenvalue weighted by Crippen LogP contribution is 2.27. The summed E-state index contributed by atoms with van der Waals surface area (Å²) < 4.78 is 11.1. The van der Waals surface area contributed by atoms with Crippen molar-refractivity contribution >= 4 is 17.3 Å². The fourth-order valence-electron chi connectivity index (χ4n) is 1.45. The Hall–Kier alpha value is -1.94. The highest BCUT2D eigenvalue weighted by atomic mass is 35.5. The van der Waals surface area contributed by atoms with Gasteiger partial charge in [-0.2, -0.15) is 4.98 Å². The Morgan fingerprint density at radius 2 is 1.79 bits per heavy atom. The number of ether oxygens (including phenoxy) is 2. The Balaban J connectivity index is 2.08. The molecule has 0 radical (unpaired) electrons. The van der Waals surface area contributed by atoms with Crippen molar-refractivity contribution in [1.29, 1.82) is 0 Å². The lowest BCUT2D eigenvalue weighted by molar-refractivity contribution is 0.317. The maximum atomic E-state index is 5.80. The molecule has 19 heavy (non-hydrogen) atoms. The zero-order valence-electron chi connectivity index (χ0n) is 10.6. The number of rotatable bonds is 5. The molecule has 2 N–H and O–H groups in total. The van der Waals surface area contributed by atoms with Gasteiger partial charge in [-0.3, -0.25) is 0 Å². The SMILES string of the molecule is CCCOc1ccc(Oc2nc(Cl)ccc2N)cc1. The third-order valence-corrected chi connectivity index (χ3v) is 2.58. The van der Waals surface area contributed by atoms with Crippen molar-refractivity contribution in [2.24, 2.45) is 0 Å². The summed E-state index contributed by atoms with van der Waals surface area (Å²) >= 11 is 5.80. The first kappa shape index (κ1) is 13.5. The zero-order valence-corrected chi connectivity index (χ0v) is 11.4. The molecule has 0 fully saturated rings. The van der Waals surface area contributed by atoms with Gasteiger partial charge < -0.3 is 15.2 Å². The fraction of sp³-hybridized carbons (Fsp3) is 0.214. The average molecular weight is 279 g/mol. The van der Waals surface area contributed by atoms with Crippen molar-refractivity contribution in [3.8, 4) is 17.4 Å². The van der Waals surface area contributed by atoms with Crippen molar-refractivity contribution in [1.82, 2.24) is 4.98 Å². The first-order valence-corrected chi connectivity index (χ1v) is 6.39. The van der Waals surface area contributed by atoms with Crippen LogP contribution in [0.25, 0.3) is 0 Å². The van der Waals surface area contributed by atoms with E-state index < -0.39 is 0 Å². The monoisotopic (exact) mass is 278 g/mol. The zero-order chi connectivity index (χ0) is 13.7. The molecule has 0 saturated heterocycles. The summed E-state index contributed by atoms with van der Waals surface area (Å²) in [5, 5.41) is 0.340. The van der Waals surface area contributed by atoms with E-state index in [1.165, 1.54) is 0 Å². The van der Waals surface area contributed by atoms with Crippen LogP contribution in [0.5, 0.6) is 17.4 Å². The van der Waals surface area contributed by atoms with E-state index in [2.05, 4.69) is 11.9 Å². The lowest BCUT2D eigenvalue weighted by atomic mass is 10.3. The van der Waals surface area contributed by atoms with Crippen LogP contribution in [0, 0.1) is 0 Å². The molecule has 1 aromatic heterocycles. The van der Waals surface area contributed by atoms with Crippen molar-refractivity contribution in [3.05, 3.63) is 41.6 Å². The van der Waals surface area contributed by atoms with Crippen LogP contribution in [-0.4, -0.2) is 11.6 Å².